The minimum absolute atomic E-state index is 0.657. The average molecular weight is 206 g/mol. The fraction of sp³-hybridized carbons (Fsp3) is 0.923. The van der Waals surface area contributed by atoms with Gasteiger partial charge in [0.1, 0.15) is 0 Å². The molecule has 2 aliphatic rings. The third-order valence-corrected chi connectivity index (χ3v) is 4.21. The fourth-order valence-electron chi connectivity index (χ4n) is 3.39. The third kappa shape index (κ3) is 2.95. The van der Waals surface area contributed by atoms with Crippen LogP contribution in [0.5, 0.6) is 0 Å². The monoisotopic (exact) mass is 206 g/mol. The van der Waals surface area contributed by atoms with Gasteiger partial charge in [-0.3, -0.25) is 0 Å². The van der Waals surface area contributed by atoms with Gasteiger partial charge in [-0.2, -0.15) is 5.26 Å². The number of nitriles is 1. The zero-order chi connectivity index (χ0) is 10.5. The maximum absolute atomic E-state index is 8.49. The molecule has 2 aliphatic carbocycles. The molecular weight excluding hydrogens is 184 g/mol. The lowest BCUT2D eigenvalue weighted by Gasteiger charge is -2.39. The summed E-state index contributed by atoms with van der Waals surface area (Å²) in [6, 6.07) is 2.91. The molecule has 0 aromatic heterocycles. The first kappa shape index (κ1) is 11.0. The van der Waals surface area contributed by atoms with E-state index in [0.29, 0.717) is 12.5 Å². The minimum atomic E-state index is 0.657. The Hall–Kier alpha value is -0.550. The molecule has 0 spiro atoms. The highest BCUT2D eigenvalue weighted by molar-refractivity contribution is 4.86. The first-order valence-corrected chi connectivity index (χ1v) is 6.50. The first-order chi connectivity index (χ1) is 7.40. The van der Waals surface area contributed by atoms with Crippen molar-refractivity contribution in [2.75, 3.05) is 6.54 Å². The van der Waals surface area contributed by atoms with Crippen molar-refractivity contribution < 1.29 is 0 Å². The summed E-state index contributed by atoms with van der Waals surface area (Å²) in [7, 11) is 0. The van der Waals surface area contributed by atoms with Crippen molar-refractivity contribution in [1.29, 1.82) is 5.26 Å². The quantitative estimate of drug-likeness (QED) is 0.721. The summed E-state index contributed by atoms with van der Waals surface area (Å²) in [5.74, 6) is 2.03. The molecule has 0 aliphatic heterocycles. The molecule has 0 aromatic carbocycles. The molecule has 0 saturated heterocycles. The van der Waals surface area contributed by atoms with Crippen molar-refractivity contribution >= 4 is 0 Å². The summed E-state index contributed by atoms with van der Waals surface area (Å²) in [6.07, 6.45) is 10.7. The summed E-state index contributed by atoms with van der Waals surface area (Å²) < 4.78 is 0. The lowest BCUT2D eigenvalue weighted by Crippen LogP contribution is -2.39. The predicted molar refractivity (Wildman–Crippen MR) is 61.3 cm³/mol. The van der Waals surface area contributed by atoms with Gasteiger partial charge in [0.05, 0.1) is 6.07 Å². The second-order valence-electron chi connectivity index (χ2n) is 5.18. The lowest BCUT2D eigenvalue weighted by molar-refractivity contribution is 0.144. The van der Waals surface area contributed by atoms with E-state index < -0.39 is 0 Å². The summed E-state index contributed by atoms with van der Waals surface area (Å²) in [5, 5.41) is 12.0. The third-order valence-electron chi connectivity index (χ3n) is 4.21. The average Bonchev–Trinajstić information content (AvgIpc) is 2.29. The predicted octanol–water partition coefficient (Wildman–Crippen LogP) is 2.85. The van der Waals surface area contributed by atoms with Crippen LogP contribution in [0.4, 0.5) is 0 Å². The molecule has 84 valence electrons. The molecule has 2 fully saturated rings. The molecule has 2 nitrogen and oxygen atoms in total. The van der Waals surface area contributed by atoms with Gasteiger partial charge >= 0.3 is 0 Å². The van der Waals surface area contributed by atoms with Crippen molar-refractivity contribution in [2.45, 2.75) is 57.4 Å². The molecular formula is C13H22N2. The summed E-state index contributed by atoms with van der Waals surface area (Å²) in [5.41, 5.74) is 0. The number of hydrogen-bond donors (Lipinski definition) is 1. The van der Waals surface area contributed by atoms with Crippen LogP contribution in [0.25, 0.3) is 0 Å². The maximum atomic E-state index is 8.49. The Morgan fingerprint density at radius 3 is 2.67 bits per heavy atom. The van der Waals surface area contributed by atoms with Crippen molar-refractivity contribution in [3.8, 4) is 6.07 Å². The molecule has 0 amide bonds. The van der Waals surface area contributed by atoms with Gasteiger partial charge < -0.3 is 5.32 Å². The second kappa shape index (κ2) is 5.51. The van der Waals surface area contributed by atoms with Crippen molar-refractivity contribution in [3.63, 3.8) is 0 Å². The van der Waals surface area contributed by atoms with Gasteiger partial charge in [0.15, 0.2) is 0 Å². The van der Waals surface area contributed by atoms with E-state index in [4.69, 9.17) is 5.26 Å². The fourth-order valence-corrected chi connectivity index (χ4v) is 3.39. The van der Waals surface area contributed by atoms with Crippen molar-refractivity contribution in [1.82, 2.24) is 5.32 Å². The van der Waals surface area contributed by atoms with Crippen molar-refractivity contribution in [2.24, 2.45) is 11.8 Å². The zero-order valence-corrected chi connectivity index (χ0v) is 9.54. The molecule has 1 N–H and O–H groups in total. The Labute approximate surface area is 93.0 Å². The molecule has 3 unspecified atom stereocenters. The lowest BCUT2D eigenvalue weighted by atomic mass is 9.69. The molecule has 3 atom stereocenters. The molecule has 0 heterocycles. The topological polar surface area (TPSA) is 35.8 Å². The molecule has 2 saturated carbocycles. The Balaban J connectivity index is 1.73. The summed E-state index contributed by atoms with van der Waals surface area (Å²) in [6.45, 7) is 0.887. The minimum Gasteiger partial charge on any atom is -0.313 e. The highest BCUT2D eigenvalue weighted by atomic mass is 14.9. The number of nitrogens with one attached hydrogen (secondary N) is 1. The van der Waals surface area contributed by atoms with E-state index in [1.54, 1.807) is 0 Å². The second-order valence-corrected chi connectivity index (χ2v) is 5.18. The van der Waals surface area contributed by atoms with Crippen LogP contribution in [0, 0.1) is 23.2 Å². The van der Waals surface area contributed by atoms with Crippen LogP contribution in [-0.4, -0.2) is 12.6 Å². The van der Waals surface area contributed by atoms with Crippen LogP contribution < -0.4 is 5.32 Å². The van der Waals surface area contributed by atoms with Crippen LogP contribution in [0.15, 0.2) is 0 Å². The number of hydrogen-bond acceptors (Lipinski definition) is 2. The van der Waals surface area contributed by atoms with Crippen LogP contribution in [0.1, 0.15) is 51.4 Å². The number of nitrogens with zero attached hydrogens (tertiary/aromatic N) is 1. The normalized spacial score (nSPS) is 35.5. The molecule has 15 heavy (non-hydrogen) atoms. The first-order valence-electron chi connectivity index (χ1n) is 6.50. The van der Waals surface area contributed by atoms with Gasteiger partial charge in [-0.1, -0.05) is 25.7 Å². The Morgan fingerprint density at radius 2 is 1.87 bits per heavy atom. The standard InChI is InChI=1S/C13H22N2/c14-8-3-9-15-13-7-6-11-4-1-2-5-12(11)10-13/h11-13,15H,1-7,9-10H2. The van der Waals surface area contributed by atoms with E-state index in [1.807, 2.05) is 0 Å². The van der Waals surface area contributed by atoms with E-state index in [0.717, 1.165) is 18.4 Å². The Bertz CT molecular complexity index is 231. The smallest absolute Gasteiger partial charge is 0.0635 e. The van der Waals surface area contributed by atoms with E-state index >= 15 is 0 Å². The maximum Gasteiger partial charge on any atom is 0.0635 e. The van der Waals surface area contributed by atoms with E-state index in [-0.39, 0.29) is 0 Å². The van der Waals surface area contributed by atoms with Gasteiger partial charge in [0.25, 0.3) is 0 Å². The molecule has 0 bridgehead atoms. The summed E-state index contributed by atoms with van der Waals surface area (Å²) in [4.78, 5) is 0. The molecule has 0 radical (unpaired) electrons. The largest absolute Gasteiger partial charge is 0.313 e. The highest BCUT2D eigenvalue weighted by Gasteiger charge is 2.31. The molecule has 0 aromatic rings. The van der Waals surface area contributed by atoms with Gasteiger partial charge in [0, 0.05) is 19.0 Å². The summed E-state index contributed by atoms with van der Waals surface area (Å²) >= 11 is 0. The van der Waals surface area contributed by atoms with Crippen LogP contribution >= 0.6 is 0 Å². The van der Waals surface area contributed by atoms with Gasteiger partial charge in [-0.25, -0.2) is 0 Å². The van der Waals surface area contributed by atoms with Gasteiger partial charge in [-0.05, 0) is 31.1 Å². The van der Waals surface area contributed by atoms with Crippen LogP contribution in [-0.2, 0) is 0 Å². The van der Waals surface area contributed by atoms with Crippen LogP contribution in [0.2, 0.25) is 0 Å². The van der Waals surface area contributed by atoms with Crippen molar-refractivity contribution in [3.05, 3.63) is 0 Å². The SMILES string of the molecule is N#CCCNC1CCC2CCCCC2C1. The van der Waals surface area contributed by atoms with E-state index in [1.165, 1.54) is 44.9 Å². The zero-order valence-electron chi connectivity index (χ0n) is 9.54. The van der Waals surface area contributed by atoms with E-state index in [2.05, 4.69) is 11.4 Å². The number of fused-ring (bicyclic) bond motifs is 1. The van der Waals surface area contributed by atoms with Gasteiger partial charge in [0.2, 0.25) is 0 Å². The number of rotatable bonds is 3. The van der Waals surface area contributed by atoms with Crippen LogP contribution in [0.3, 0.4) is 0 Å². The highest BCUT2D eigenvalue weighted by Crippen LogP contribution is 2.40. The Morgan fingerprint density at radius 1 is 1.07 bits per heavy atom. The Kier molecular flexibility index (Phi) is 4.02. The molecule has 2 rings (SSSR count). The molecule has 2 heteroatoms. The van der Waals surface area contributed by atoms with Gasteiger partial charge in [-0.15, -0.1) is 0 Å². The van der Waals surface area contributed by atoms with E-state index in [9.17, 15) is 0 Å².